The fourth-order valence-electron chi connectivity index (χ4n) is 1.82. The molecule has 1 aromatic heterocycles. The molecule has 18 heavy (non-hydrogen) atoms. The lowest BCUT2D eigenvalue weighted by Crippen LogP contribution is -1.92. The third-order valence-corrected chi connectivity index (χ3v) is 3.33. The molecule has 2 nitrogen and oxygen atoms in total. The van der Waals surface area contributed by atoms with E-state index < -0.39 is 11.6 Å². The molecule has 0 aliphatic carbocycles. The van der Waals surface area contributed by atoms with Crippen molar-refractivity contribution in [2.75, 3.05) is 0 Å². The number of hydrogen-bond donors (Lipinski definition) is 1. The van der Waals surface area contributed by atoms with Crippen LogP contribution >= 0.6 is 15.9 Å². The number of benzene rings is 2. The molecule has 0 unspecified atom stereocenters. The number of para-hydroxylation sites is 2. The zero-order chi connectivity index (χ0) is 12.7. The van der Waals surface area contributed by atoms with Crippen LogP contribution in [-0.4, -0.2) is 9.97 Å². The summed E-state index contributed by atoms with van der Waals surface area (Å²) in [6.45, 7) is 0. The molecule has 0 saturated carbocycles. The Morgan fingerprint density at radius 2 is 1.83 bits per heavy atom. The van der Waals surface area contributed by atoms with E-state index in [1.807, 2.05) is 18.2 Å². The van der Waals surface area contributed by atoms with Crippen molar-refractivity contribution in [3.63, 3.8) is 0 Å². The van der Waals surface area contributed by atoms with Crippen LogP contribution in [0.1, 0.15) is 0 Å². The molecule has 1 N–H and O–H groups in total. The molecular formula is C13H7BrF2N2. The lowest BCUT2D eigenvalue weighted by molar-refractivity contribution is 0.510. The minimum atomic E-state index is -0.913. The third-order valence-electron chi connectivity index (χ3n) is 2.67. The number of nitrogens with one attached hydrogen (secondary N) is 1. The van der Waals surface area contributed by atoms with Gasteiger partial charge in [0.05, 0.1) is 16.6 Å². The van der Waals surface area contributed by atoms with Gasteiger partial charge in [0.15, 0.2) is 11.6 Å². The summed E-state index contributed by atoms with van der Waals surface area (Å²) < 4.78 is 27.5. The molecule has 0 atom stereocenters. The van der Waals surface area contributed by atoms with E-state index in [0.717, 1.165) is 11.6 Å². The van der Waals surface area contributed by atoms with E-state index in [-0.39, 0.29) is 5.56 Å². The molecule has 90 valence electrons. The number of fused-ring (bicyclic) bond motifs is 1. The van der Waals surface area contributed by atoms with Gasteiger partial charge in [0.25, 0.3) is 0 Å². The number of aromatic amines is 1. The van der Waals surface area contributed by atoms with Crippen molar-refractivity contribution >= 4 is 27.0 Å². The summed E-state index contributed by atoms with van der Waals surface area (Å²) >= 11 is 3.21. The van der Waals surface area contributed by atoms with Crippen LogP contribution in [0.4, 0.5) is 8.78 Å². The van der Waals surface area contributed by atoms with Gasteiger partial charge in [-0.1, -0.05) is 12.1 Å². The van der Waals surface area contributed by atoms with Gasteiger partial charge in [-0.2, -0.15) is 0 Å². The summed E-state index contributed by atoms with van der Waals surface area (Å²) in [5.74, 6) is -1.50. The number of nitrogens with zero attached hydrogens (tertiary/aromatic N) is 1. The molecule has 2 aromatic carbocycles. The first-order valence-electron chi connectivity index (χ1n) is 5.25. The molecule has 3 aromatic rings. The highest BCUT2D eigenvalue weighted by Gasteiger charge is 2.17. The van der Waals surface area contributed by atoms with Crippen molar-refractivity contribution < 1.29 is 8.78 Å². The topological polar surface area (TPSA) is 28.7 Å². The first-order chi connectivity index (χ1) is 8.66. The van der Waals surface area contributed by atoms with Crippen LogP contribution in [0.15, 0.2) is 40.9 Å². The number of rotatable bonds is 1. The van der Waals surface area contributed by atoms with Crippen LogP contribution in [0, 0.1) is 11.6 Å². The largest absolute Gasteiger partial charge is 0.338 e. The maximum atomic E-state index is 13.8. The summed E-state index contributed by atoms with van der Waals surface area (Å²) in [4.78, 5) is 7.23. The van der Waals surface area contributed by atoms with Crippen LogP contribution in [-0.2, 0) is 0 Å². The minimum absolute atomic E-state index is 0.103. The fraction of sp³-hybridized carbons (Fsp3) is 0. The maximum absolute atomic E-state index is 13.8. The van der Waals surface area contributed by atoms with Crippen molar-refractivity contribution in [2.45, 2.75) is 0 Å². The van der Waals surface area contributed by atoms with E-state index in [1.165, 1.54) is 6.07 Å². The van der Waals surface area contributed by atoms with Gasteiger partial charge in [-0.05, 0) is 40.2 Å². The second kappa shape index (κ2) is 4.17. The smallest absolute Gasteiger partial charge is 0.170 e. The van der Waals surface area contributed by atoms with E-state index in [1.54, 1.807) is 6.07 Å². The van der Waals surface area contributed by atoms with Crippen molar-refractivity contribution in [3.8, 4) is 11.4 Å². The first kappa shape index (κ1) is 11.3. The highest BCUT2D eigenvalue weighted by molar-refractivity contribution is 9.10. The van der Waals surface area contributed by atoms with Gasteiger partial charge in [0, 0.05) is 4.47 Å². The number of halogens is 3. The Kier molecular flexibility index (Phi) is 2.63. The highest BCUT2D eigenvalue weighted by atomic mass is 79.9. The van der Waals surface area contributed by atoms with Gasteiger partial charge < -0.3 is 4.98 Å². The van der Waals surface area contributed by atoms with Crippen LogP contribution in [0.2, 0.25) is 0 Å². The van der Waals surface area contributed by atoms with Crippen LogP contribution in [0.5, 0.6) is 0 Å². The molecule has 0 bridgehead atoms. The zero-order valence-corrected chi connectivity index (χ0v) is 10.6. The summed E-state index contributed by atoms with van der Waals surface area (Å²) in [6, 6.07) is 9.86. The SMILES string of the molecule is Fc1ccc(Br)c(-c2nc3ccccc3[nH]2)c1F. The fourth-order valence-corrected chi connectivity index (χ4v) is 2.31. The van der Waals surface area contributed by atoms with Gasteiger partial charge in [-0.25, -0.2) is 13.8 Å². The first-order valence-corrected chi connectivity index (χ1v) is 6.05. The van der Waals surface area contributed by atoms with Crippen molar-refractivity contribution in [2.24, 2.45) is 0 Å². The summed E-state index contributed by atoms with van der Waals surface area (Å²) in [5, 5.41) is 0. The van der Waals surface area contributed by atoms with Gasteiger partial charge in [-0.15, -0.1) is 0 Å². The van der Waals surface area contributed by atoms with Gasteiger partial charge in [-0.3, -0.25) is 0 Å². The molecule has 0 radical (unpaired) electrons. The molecule has 1 heterocycles. The summed E-state index contributed by atoms with van der Waals surface area (Å²) in [5.41, 5.74) is 1.59. The molecule has 0 fully saturated rings. The van der Waals surface area contributed by atoms with Crippen molar-refractivity contribution in [3.05, 3.63) is 52.5 Å². The molecular weight excluding hydrogens is 302 g/mol. The molecule has 0 spiro atoms. The van der Waals surface area contributed by atoms with E-state index in [4.69, 9.17) is 0 Å². The second-order valence-electron chi connectivity index (χ2n) is 3.82. The Labute approximate surface area is 110 Å². The zero-order valence-electron chi connectivity index (χ0n) is 9.05. The van der Waals surface area contributed by atoms with Gasteiger partial charge in [0.2, 0.25) is 0 Å². The molecule has 0 saturated heterocycles. The monoisotopic (exact) mass is 308 g/mol. The number of aromatic nitrogens is 2. The Balaban J connectivity index is 2.29. The van der Waals surface area contributed by atoms with Crippen LogP contribution < -0.4 is 0 Å². The average Bonchev–Trinajstić information content (AvgIpc) is 2.77. The quantitative estimate of drug-likeness (QED) is 0.668. The lowest BCUT2D eigenvalue weighted by atomic mass is 10.2. The molecule has 0 amide bonds. The minimum Gasteiger partial charge on any atom is -0.338 e. The normalized spacial score (nSPS) is 11.1. The van der Waals surface area contributed by atoms with Gasteiger partial charge in [0.1, 0.15) is 5.82 Å². The second-order valence-corrected chi connectivity index (χ2v) is 4.68. The summed E-state index contributed by atoms with van der Waals surface area (Å²) in [6.07, 6.45) is 0. The third kappa shape index (κ3) is 1.71. The van der Waals surface area contributed by atoms with E-state index in [2.05, 4.69) is 25.9 Å². The number of imidazole rings is 1. The van der Waals surface area contributed by atoms with E-state index >= 15 is 0 Å². The Hall–Kier alpha value is -1.75. The molecule has 0 aliphatic heterocycles. The lowest BCUT2D eigenvalue weighted by Gasteiger charge is -2.03. The Morgan fingerprint density at radius 3 is 2.61 bits per heavy atom. The predicted molar refractivity (Wildman–Crippen MR) is 69.1 cm³/mol. The molecule has 3 rings (SSSR count). The van der Waals surface area contributed by atoms with Crippen LogP contribution in [0.25, 0.3) is 22.4 Å². The highest BCUT2D eigenvalue weighted by Crippen LogP contribution is 2.31. The van der Waals surface area contributed by atoms with Crippen molar-refractivity contribution in [1.29, 1.82) is 0 Å². The molecule has 5 heteroatoms. The van der Waals surface area contributed by atoms with Gasteiger partial charge >= 0.3 is 0 Å². The molecule has 0 aliphatic rings. The summed E-state index contributed by atoms with van der Waals surface area (Å²) in [7, 11) is 0. The Bertz CT molecular complexity index is 704. The average molecular weight is 309 g/mol. The van der Waals surface area contributed by atoms with Crippen LogP contribution in [0.3, 0.4) is 0 Å². The maximum Gasteiger partial charge on any atom is 0.170 e. The standard InChI is InChI=1S/C13H7BrF2N2/c14-7-5-6-8(15)12(16)11(7)13-17-9-3-1-2-4-10(9)18-13/h1-6H,(H,17,18). The van der Waals surface area contributed by atoms with Crippen molar-refractivity contribution in [1.82, 2.24) is 9.97 Å². The number of hydrogen-bond acceptors (Lipinski definition) is 1. The Morgan fingerprint density at radius 1 is 1.06 bits per heavy atom. The number of H-pyrrole nitrogens is 1. The predicted octanol–water partition coefficient (Wildman–Crippen LogP) is 4.27. The van der Waals surface area contributed by atoms with E-state index in [0.29, 0.717) is 15.8 Å². The van der Waals surface area contributed by atoms with E-state index in [9.17, 15) is 8.78 Å².